The zero-order chi connectivity index (χ0) is 20.2. The van der Waals surface area contributed by atoms with Crippen molar-refractivity contribution >= 4 is 29.6 Å². The monoisotopic (exact) mass is 378 g/mol. The van der Waals surface area contributed by atoms with Crippen molar-refractivity contribution in [3.8, 4) is 0 Å². The smallest absolute Gasteiger partial charge is 0.328 e. The summed E-state index contributed by atoms with van der Waals surface area (Å²) >= 11 is 0. The highest BCUT2D eigenvalue weighted by Gasteiger charge is 2.22. The van der Waals surface area contributed by atoms with Gasteiger partial charge < -0.3 is 14.8 Å². The van der Waals surface area contributed by atoms with E-state index >= 15 is 0 Å². The summed E-state index contributed by atoms with van der Waals surface area (Å²) in [6.07, 6.45) is 2.66. The van der Waals surface area contributed by atoms with Crippen LogP contribution in [0.15, 0.2) is 30.3 Å². The molecule has 0 saturated heterocycles. The molecule has 1 N–H and O–H groups in total. The molecular weight excluding hydrogens is 356 g/mol. The van der Waals surface area contributed by atoms with Gasteiger partial charge in [-0.15, -0.1) is 0 Å². The number of nitro groups is 1. The molecule has 27 heavy (non-hydrogen) atoms. The standard InChI is InChI=1S/C18H22N2O7/c1-3-26-17(22)12-10-15(18(23)27-4-2)19-16(21)11-7-13-5-8-14(9-6-13)20(24)25/h5-9,11,15H,3-4,10,12H2,1-2H3,(H,19,21)/b11-7+. The lowest BCUT2D eigenvalue weighted by molar-refractivity contribution is -0.384. The maximum absolute atomic E-state index is 12.1. The lowest BCUT2D eigenvalue weighted by atomic mass is 10.1. The van der Waals surface area contributed by atoms with E-state index in [1.165, 1.54) is 36.4 Å². The predicted octanol–water partition coefficient (Wildman–Crippen LogP) is 2.00. The minimum absolute atomic E-state index is 0.0380. The Morgan fingerprint density at radius 1 is 1.15 bits per heavy atom. The number of non-ortho nitro benzene ring substituents is 1. The van der Waals surface area contributed by atoms with Crippen LogP contribution in [0, 0.1) is 10.1 Å². The molecule has 0 spiro atoms. The molecular formula is C18H22N2O7. The number of ether oxygens (including phenoxy) is 2. The molecule has 0 fully saturated rings. The van der Waals surface area contributed by atoms with Gasteiger partial charge in [0.15, 0.2) is 0 Å². The van der Waals surface area contributed by atoms with E-state index in [4.69, 9.17) is 9.47 Å². The number of nitrogens with zero attached hydrogens (tertiary/aromatic N) is 1. The van der Waals surface area contributed by atoms with E-state index in [1.807, 2.05) is 0 Å². The lowest BCUT2D eigenvalue weighted by Crippen LogP contribution is -2.41. The van der Waals surface area contributed by atoms with Crippen molar-refractivity contribution in [3.63, 3.8) is 0 Å². The fraction of sp³-hybridized carbons (Fsp3) is 0.389. The zero-order valence-corrected chi connectivity index (χ0v) is 15.2. The lowest BCUT2D eigenvalue weighted by Gasteiger charge is -2.15. The number of benzene rings is 1. The summed E-state index contributed by atoms with van der Waals surface area (Å²) in [6, 6.07) is 4.64. The Morgan fingerprint density at radius 2 is 1.78 bits per heavy atom. The van der Waals surface area contributed by atoms with E-state index in [2.05, 4.69) is 5.32 Å². The molecule has 1 rings (SSSR count). The topological polar surface area (TPSA) is 125 Å². The average molecular weight is 378 g/mol. The second-order valence-corrected chi connectivity index (χ2v) is 5.34. The summed E-state index contributed by atoms with van der Waals surface area (Å²) < 4.78 is 9.70. The second kappa shape index (κ2) is 11.4. The molecule has 9 heteroatoms. The number of nitrogens with one attached hydrogen (secondary N) is 1. The van der Waals surface area contributed by atoms with Gasteiger partial charge in [0, 0.05) is 24.6 Å². The number of amides is 1. The third-order valence-corrected chi connectivity index (χ3v) is 3.36. The Labute approximate surface area is 156 Å². The van der Waals surface area contributed by atoms with Gasteiger partial charge in [-0.3, -0.25) is 19.7 Å². The summed E-state index contributed by atoms with van der Waals surface area (Å²) in [5.41, 5.74) is 0.521. The highest BCUT2D eigenvalue weighted by molar-refractivity contribution is 5.94. The molecule has 1 aromatic rings. The number of esters is 2. The minimum atomic E-state index is -0.983. The summed E-state index contributed by atoms with van der Waals surface area (Å²) in [5.74, 6) is -1.67. The first-order valence-electron chi connectivity index (χ1n) is 8.42. The molecule has 1 unspecified atom stereocenters. The predicted molar refractivity (Wildman–Crippen MR) is 96.6 cm³/mol. The minimum Gasteiger partial charge on any atom is -0.466 e. The molecule has 0 radical (unpaired) electrons. The molecule has 9 nitrogen and oxygen atoms in total. The molecule has 0 aliphatic rings. The molecule has 1 aromatic carbocycles. The highest BCUT2D eigenvalue weighted by atomic mass is 16.6. The zero-order valence-electron chi connectivity index (χ0n) is 15.2. The van der Waals surface area contributed by atoms with Gasteiger partial charge in [0.25, 0.3) is 5.69 Å². The van der Waals surface area contributed by atoms with Crippen molar-refractivity contribution in [1.82, 2.24) is 5.32 Å². The maximum atomic E-state index is 12.1. The first-order valence-corrected chi connectivity index (χ1v) is 8.42. The van der Waals surface area contributed by atoms with Crippen molar-refractivity contribution < 1.29 is 28.8 Å². The quantitative estimate of drug-likeness (QED) is 0.286. The number of carbonyl (C=O) groups excluding carboxylic acids is 3. The van der Waals surface area contributed by atoms with Crippen LogP contribution in [-0.2, 0) is 23.9 Å². The fourth-order valence-corrected chi connectivity index (χ4v) is 2.09. The van der Waals surface area contributed by atoms with Crippen molar-refractivity contribution in [2.24, 2.45) is 0 Å². The number of rotatable bonds is 10. The van der Waals surface area contributed by atoms with Crippen LogP contribution < -0.4 is 5.32 Å². The summed E-state index contributed by atoms with van der Waals surface area (Å²) in [7, 11) is 0. The van der Waals surface area contributed by atoms with Crippen molar-refractivity contribution in [2.75, 3.05) is 13.2 Å². The van der Waals surface area contributed by atoms with Gasteiger partial charge in [0.1, 0.15) is 6.04 Å². The first-order chi connectivity index (χ1) is 12.9. The molecule has 0 bridgehead atoms. The van der Waals surface area contributed by atoms with Crippen molar-refractivity contribution in [3.05, 3.63) is 46.0 Å². The Morgan fingerprint density at radius 3 is 2.33 bits per heavy atom. The largest absolute Gasteiger partial charge is 0.466 e. The molecule has 0 aliphatic carbocycles. The van der Waals surface area contributed by atoms with Gasteiger partial charge >= 0.3 is 11.9 Å². The Hall–Kier alpha value is -3.23. The van der Waals surface area contributed by atoms with Crippen LogP contribution >= 0.6 is 0 Å². The number of carbonyl (C=O) groups is 3. The summed E-state index contributed by atoms with van der Waals surface area (Å²) in [6.45, 7) is 3.68. The first kappa shape index (κ1) is 21.8. The molecule has 0 heterocycles. The average Bonchev–Trinajstić information content (AvgIpc) is 2.64. The molecule has 1 atom stereocenters. The van der Waals surface area contributed by atoms with Crippen molar-refractivity contribution in [2.45, 2.75) is 32.7 Å². The van der Waals surface area contributed by atoms with Gasteiger partial charge in [-0.25, -0.2) is 4.79 Å². The third-order valence-electron chi connectivity index (χ3n) is 3.36. The van der Waals surface area contributed by atoms with Gasteiger partial charge in [0.2, 0.25) is 5.91 Å². The molecule has 0 aromatic heterocycles. The van der Waals surface area contributed by atoms with Crippen molar-refractivity contribution in [1.29, 1.82) is 0 Å². The Kier molecular flexibility index (Phi) is 9.21. The number of hydrogen-bond donors (Lipinski definition) is 1. The van der Waals surface area contributed by atoms with Crippen LogP contribution in [0.4, 0.5) is 5.69 Å². The normalized spacial score (nSPS) is 11.6. The Bertz CT molecular complexity index is 698. The second-order valence-electron chi connectivity index (χ2n) is 5.34. The molecule has 0 aliphatic heterocycles. The SMILES string of the molecule is CCOC(=O)CCC(NC(=O)/C=C/c1ccc([N+](=O)[O-])cc1)C(=O)OCC. The van der Waals surface area contributed by atoms with Crippen LogP contribution in [0.2, 0.25) is 0 Å². The van der Waals surface area contributed by atoms with E-state index in [1.54, 1.807) is 13.8 Å². The van der Waals surface area contributed by atoms with E-state index in [0.29, 0.717) is 5.56 Å². The molecule has 1 amide bonds. The highest BCUT2D eigenvalue weighted by Crippen LogP contribution is 2.12. The number of hydrogen-bond acceptors (Lipinski definition) is 7. The van der Waals surface area contributed by atoms with Gasteiger partial charge in [-0.1, -0.05) is 0 Å². The molecule has 146 valence electrons. The third kappa shape index (κ3) is 8.13. The number of nitro benzene ring substituents is 1. The van der Waals surface area contributed by atoms with Crippen LogP contribution in [0.3, 0.4) is 0 Å². The van der Waals surface area contributed by atoms with E-state index in [-0.39, 0.29) is 31.7 Å². The van der Waals surface area contributed by atoms with Crippen LogP contribution in [0.25, 0.3) is 6.08 Å². The Balaban J connectivity index is 2.69. The van der Waals surface area contributed by atoms with Crippen LogP contribution in [-0.4, -0.2) is 42.0 Å². The van der Waals surface area contributed by atoms with E-state index in [9.17, 15) is 24.5 Å². The van der Waals surface area contributed by atoms with Gasteiger partial charge in [0.05, 0.1) is 18.1 Å². The maximum Gasteiger partial charge on any atom is 0.328 e. The van der Waals surface area contributed by atoms with Crippen LogP contribution in [0.5, 0.6) is 0 Å². The van der Waals surface area contributed by atoms with Gasteiger partial charge in [-0.05, 0) is 44.0 Å². The van der Waals surface area contributed by atoms with E-state index in [0.717, 1.165) is 0 Å². The van der Waals surface area contributed by atoms with Gasteiger partial charge in [-0.2, -0.15) is 0 Å². The fourth-order valence-electron chi connectivity index (χ4n) is 2.09. The molecule has 0 saturated carbocycles. The summed E-state index contributed by atoms with van der Waals surface area (Å²) in [5, 5.41) is 13.1. The summed E-state index contributed by atoms with van der Waals surface area (Å²) in [4.78, 5) is 45.5. The van der Waals surface area contributed by atoms with Crippen LogP contribution in [0.1, 0.15) is 32.3 Å². The van der Waals surface area contributed by atoms with E-state index < -0.39 is 28.8 Å².